The van der Waals surface area contributed by atoms with Crippen molar-refractivity contribution in [2.24, 2.45) is 0 Å². The molecular weight excluding hydrogens is 200 g/mol. The predicted octanol–water partition coefficient (Wildman–Crippen LogP) is 3.68. The Hall–Kier alpha value is -1.31. The highest BCUT2D eigenvalue weighted by Gasteiger charge is 2.04. The number of carbonyl (C=O) groups is 1. The van der Waals surface area contributed by atoms with Gasteiger partial charge in [-0.05, 0) is 43.5 Å². The summed E-state index contributed by atoms with van der Waals surface area (Å²) in [6.07, 6.45) is 4.39. The van der Waals surface area contributed by atoms with Crippen molar-refractivity contribution in [3.63, 3.8) is 0 Å². The molecule has 0 fully saturated rings. The zero-order valence-corrected chi connectivity index (χ0v) is 10.4. The maximum absolute atomic E-state index is 10.8. The van der Waals surface area contributed by atoms with Crippen molar-refractivity contribution in [1.82, 2.24) is 0 Å². The molecule has 1 aromatic rings. The summed E-state index contributed by atoms with van der Waals surface area (Å²) in [5.41, 5.74) is 2.75. The molecule has 0 aliphatic heterocycles. The van der Waals surface area contributed by atoms with Crippen molar-refractivity contribution in [3.05, 3.63) is 28.8 Å². The summed E-state index contributed by atoms with van der Waals surface area (Å²) < 4.78 is 5.65. The number of benzene rings is 1. The van der Waals surface area contributed by atoms with E-state index in [1.807, 2.05) is 26.0 Å². The molecule has 0 N–H and O–H groups in total. The molecule has 0 saturated heterocycles. The van der Waals surface area contributed by atoms with Gasteiger partial charge in [0.25, 0.3) is 0 Å². The molecule has 88 valence electrons. The number of aryl methyl sites for hydroxylation is 2. The first-order valence-corrected chi connectivity index (χ1v) is 5.88. The van der Waals surface area contributed by atoms with Gasteiger partial charge in [-0.1, -0.05) is 19.8 Å². The van der Waals surface area contributed by atoms with Crippen LogP contribution in [0.4, 0.5) is 0 Å². The first-order valence-electron chi connectivity index (χ1n) is 5.88. The van der Waals surface area contributed by atoms with E-state index in [2.05, 4.69) is 6.92 Å². The van der Waals surface area contributed by atoms with Gasteiger partial charge in [0.15, 0.2) is 6.29 Å². The Morgan fingerprint density at radius 3 is 2.31 bits per heavy atom. The molecule has 0 aliphatic carbocycles. The fraction of sp³-hybridized carbons (Fsp3) is 0.500. The van der Waals surface area contributed by atoms with Crippen LogP contribution in [-0.4, -0.2) is 12.9 Å². The second-order valence-corrected chi connectivity index (χ2v) is 4.14. The van der Waals surface area contributed by atoms with E-state index in [0.717, 1.165) is 41.8 Å². The lowest BCUT2D eigenvalue weighted by molar-refractivity contribution is 0.112. The van der Waals surface area contributed by atoms with Gasteiger partial charge in [-0.25, -0.2) is 0 Å². The quantitative estimate of drug-likeness (QED) is 0.540. The Bertz CT molecular complexity index is 333. The molecule has 2 heteroatoms. The Kier molecular flexibility index (Phi) is 5.03. The molecule has 0 spiro atoms. The third-order valence-corrected chi connectivity index (χ3v) is 2.70. The van der Waals surface area contributed by atoms with E-state index in [4.69, 9.17) is 4.74 Å². The van der Waals surface area contributed by atoms with E-state index in [1.54, 1.807) is 0 Å². The lowest BCUT2D eigenvalue weighted by Gasteiger charge is -2.10. The Labute approximate surface area is 97.6 Å². The maximum Gasteiger partial charge on any atom is 0.150 e. The Morgan fingerprint density at radius 1 is 1.19 bits per heavy atom. The molecule has 2 nitrogen and oxygen atoms in total. The molecule has 0 unspecified atom stereocenters. The molecule has 0 aromatic heterocycles. The van der Waals surface area contributed by atoms with Gasteiger partial charge in [-0.2, -0.15) is 0 Å². The van der Waals surface area contributed by atoms with E-state index in [0.29, 0.717) is 0 Å². The highest BCUT2D eigenvalue weighted by molar-refractivity contribution is 5.80. The van der Waals surface area contributed by atoms with Gasteiger partial charge >= 0.3 is 0 Å². The predicted molar refractivity (Wildman–Crippen MR) is 66.3 cm³/mol. The smallest absolute Gasteiger partial charge is 0.150 e. The normalized spacial score (nSPS) is 10.2. The number of ether oxygens (including phenoxy) is 1. The van der Waals surface area contributed by atoms with Gasteiger partial charge in [-0.15, -0.1) is 0 Å². The average Bonchev–Trinajstić information content (AvgIpc) is 2.24. The van der Waals surface area contributed by atoms with E-state index in [9.17, 15) is 4.79 Å². The van der Waals surface area contributed by atoms with E-state index < -0.39 is 0 Å². The lowest BCUT2D eigenvalue weighted by Crippen LogP contribution is -1.99. The zero-order valence-electron chi connectivity index (χ0n) is 10.4. The Morgan fingerprint density at radius 2 is 1.81 bits per heavy atom. The van der Waals surface area contributed by atoms with E-state index >= 15 is 0 Å². The molecule has 16 heavy (non-hydrogen) atoms. The number of hydrogen-bond donors (Lipinski definition) is 0. The minimum atomic E-state index is 0.757. The maximum atomic E-state index is 10.8. The molecule has 0 radical (unpaired) electrons. The van der Waals surface area contributed by atoms with Crippen molar-refractivity contribution in [2.75, 3.05) is 6.61 Å². The van der Waals surface area contributed by atoms with Crippen molar-refractivity contribution < 1.29 is 9.53 Å². The van der Waals surface area contributed by atoms with Crippen molar-refractivity contribution in [1.29, 1.82) is 0 Å². The van der Waals surface area contributed by atoms with Gasteiger partial charge in [-0.3, -0.25) is 4.79 Å². The van der Waals surface area contributed by atoms with E-state index in [1.165, 1.54) is 12.8 Å². The van der Waals surface area contributed by atoms with Crippen molar-refractivity contribution in [2.45, 2.75) is 40.0 Å². The summed E-state index contributed by atoms with van der Waals surface area (Å²) in [5.74, 6) is 0.872. The molecule has 0 amide bonds. The second kappa shape index (κ2) is 6.31. The Balaban J connectivity index is 2.65. The minimum absolute atomic E-state index is 0.757. The van der Waals surface area contributed by atoms with Crippen LogP contribution in [-0.2, 0) is 0 Å². The summed E-state index contributed by atoms with van der Waals surface area (Å²) in [4.78, 5) is 10.8. The van der Waals surface area contributed by atoms with Crippen LogP contribution in [0.15, 0.2) is 12.1 Å². The number of hydrogen-bond acceptors (Lipinski definition) is 2. The molecule has 0 aliphatic rings. The van der Waals surface area contributed by atoms with Gasteiger partial charge < -0.3 is 4.74 Å². The second-order valence-electron chi connectivity index (χ2n) is 4.14. The highest BCUT2D eigenvalue weighted by atomic mass is 16.5. The lowest BCUT2D eigenvalue weighted by atomic mass is 10.0. The molecule has 1 rings (SSSR count). The van der Waals surface area contributed by atoms with Gasteiger partial charge in [0.1, 0.15) is 5.75 Å². The number of rotatable bonds is 6. The average molecular weight is 220 g/mol. The monoisotopic (exact) mass is 220 g/mol. The summed E-state index contributed by atoms with van der Waals surface area (Å²) in [6.45, 7) is 6.81. The summed E-state index contributed by atoms with van der Waals surface area (Å²) in [6, 6.07) is 3.87. The van der Waals surface area contributed by atoms with Gasteiger partial charge in [0.2, 0.25) is 0 Å². The first kappa shape index (κ1) is 12.8. The van der Waals surface area contributed by atoms with Crippen LogP contribution in [0.5, 0.6) is 5.75 Å². The minimum Gasteiger partial charge on any atom is -0.494 e. The van der Waals surface area contributed by atoms with Crippen molar-refractivity contribution in [3.8, 4) is 5.75 Å². The third-order valence-electron chi connectivity index (χ3n) is 2.70. The van der Waals surface area contributed by atoms with E-state index in [-0.39, 0.29) is 0 Å². The summed E-state index contributed by atoms with van der Waals surface area (Å²) in [7, 11) is 0. The molecular formula is C14H20O2. The van der Waals surface area contributed by atoms with Crippen LogP contribution in [0.2, 0.25) is 0 Å². The summed E-state index contributed by atoms with van der Waals surface area (Å²) in [5, 5.41) is 0. The third kappa shape index (κ3) is 3.37. The van der Waals surface area contributed by atoms with Crippen LogP contribution in [0, 0.1) is 13.8 Å². The van der Waals surface area contributed by atoms with Crippen LogP contribution >= 0.6 is 0 Å². The SMILES string of the molecule is CCCCCOc1cc(C)c(C=O)c(C)c1. The zero-order chi connectivity index (χ0) is 12.0. The first-order chi connectivity index (χ1) is 7.69. The number of unbranched alkanes of at least 4 members (excludes halogenated alkanes) is 2. The summed E-state index contributed by atoms with van der Waals surface area (Å²) >= 11 is 0. The van der Waals surface area contributed by atoms with Gasteiger partial charge in [0.05, 0.1) is 6.61 Å². The fourth-order valence-electron chi connectivity index (χ4n) is 1.75. The largest absolute Gasteiger partial charge is 0.494 e. The van der Waals surface area contributed by atoms with Crippen LogP contribution < -0.4 is 4.74 Å². The van der Waals surface area contributed by atoms with Crippen molar-refractivity contribution >= 4 is 6.29 Å². The van der Waals surface area contributed by atoms with Gasteiger partial charge in [0, 0.05) is 5.56 Å². The van der Waals surface area contributed by atoms with Crippen LogP contribution in [0.25, 0.3) is 0 Å². The fourth-order valence-corrected chi connectivity index (χ4v) is 1.75. The van der Waals surface area contributed by atoms with Crippen LogP contribution in [0.1, 0.15) is 47.7 Å². The molecule has 0 bridgehead atoms. The molecule has 1 aromatic carbocycles. The standard InChI is InChI=1S/C14H20O2/c1-4-5-6-7-16-13-8-11(2)14(10-15)12(3)9-13/h8-10H,4-7H2,1-3H3. The molecule has 0 heterocycles. The molecule has 0 atom stereocenters. The highest BCUT2D eigenvalue weighted by Crippen LogP contribution is 2.20. The topological polar surface area (TPSA) is 26.3 Å². The van der Waals surface area contributed by atoms with Crippen LogP contribution in [0.3, 0.4) is 0 Å². The number of aldehydes is 1. The molecule has 0 saturated carbocycles. The number of carbonyl (C=O) groups excluding carboxylic acids is 1.